The summed E-state index contributed by atoms with van der Waals surface area (Å²) in [5.74, 6) is -2.73. The second kappa shape index (κ2) is 9.41. The van der Waals surface area contributed by atoms with Gasteiger partial charge in [0.2, 0.25) is 5.91 Å². The quantitative estimate of drug-likeness (QED) is 0.614. The van der Waals surface area contributed by atoms with E-state index in [1.54, 1.807) is 18.2 Å². The maximum atomic E-state index is 13.4. The lowest BCUT2D eigenvalue weighted by molar-refractivity contribution is -0.142. The maximum absolute atomic E-state index is 13.4. The summed E-state index contributed by atoms with van der Waals surface area (Å²) < 4.78 is 26.5. The molecule has 0 saturated carbocycles. The summed E-state index contributed by atoms with van der Waals surface area (Å²) in [6.07, 6.45) is 0.992. The molecule has 0 aliphatic heterocycles. The largest absolute Gasteiger partial charge is 0.480 e. The van der Waals surface area contributed by atoms with E-state index in [1.165, 1.54) is 30.3 Å². The Bertz CT molecular complexity index is 827. The normalized spacial score (nSPS) is 14.1. The van der Waals surface area contributed by atoms with Gasteiger partial charge in [0.1, 0.15) is 17.7 Å². The Labute approximate surface area is 162 Å². The van der Waals surface area contributed by atoms with Gasteiger partial charge in [-0.3, -0.25) is 4.79 Å². The molecular weight excluding hydrogens is 366 g/mol. The van der Waals surface area contributed by atoms with Gasteiger partial charge in [0.15, 0.2) is 0 Å². The minimum atomic E-state index is -1.35. The highest BCUT2D eigenvalue weighted by Crippen LogP contribution is 2.19. The Balaban J connectivity index is 2.17. The Morgan fingerprint density at radius 2 is 1.79 bits per heavy atom. The zero-order valence-corrected chi connectivity index (χ0v) is 15.6. The number of hydrogen-bond donors (Lipinski definition) is 3. The molecule has 0 bridgehead atoms. The van der Waals surface area contributed by atoms with Crippen molar-refractivity contribution >= 4 is 11.9 Å². The molecular formula is C21H24F2N2O3. The van der Waals surface area contributed by atoms with Crippen LogP contribution in [0.25, 0.3) is 0 Å². The summed E-state index contributed by atoms with van der Waals surface area (Å²) in [5.41, 5.74) is 6.10. The van der Waals surface area contributed by atoms with E-state index in [9.17, 15) is 23.5 Å². The van der Waals surface area contributed by atoms with Crippen molar-refractivity contribution in [2.24, 2.45) is 5.73 Å². The molecule has 0 saturated heterocycles. The molecule has 28 heavy (non-hydrogen) atoms. The summed E-state index contributed by atoms with van der Waals surface area (Å²) in [5, 5.41) is 12.0. The topological polar surface area (TPSA) is 92.4 Å². The van der Waals surface area contributed by atoms with Crippen LogP contribution in [0, 0.1) is 11.6 Å². The van der Waals surface area contributed by atoms with Crippen molar-refractivity contribution < 1.29 is 23.5 Å². The van der Waals surface area contributed by atoms with Crippen LogP contribution in [0.3, 0.4) is 0 Å². The van der Waals surface area contributed by atoms with E-state index in [4.69, 9.17) is 5.73 Å². The summed E-state index contributed by atoms with van der Waals surface area (Å²) >= 11 is 0. The molecule has 2 rings (SSSR count). The lowest BCUT2D eigenvalue weighted by atomic mass is 9.86. The number of carboxylic acids is 1. The third kappa shape index (κ3) is 5.85. The molecule has 0 aromatic heterocycles. The van der Waals surface area contributed by atoms with Crippen molar-refractivity contribution in [1.82, 2.24) is 5.32 Å². The molecule has 4 N–H and O–H groups in total. The number of benzene rings is 2. The first-order valence-corrected chi connectivity index (χ1v) is 9.05. The smallest absolute Gasteiger partial charge is 0.326 e. The van der Waals surface area contributed by atoms with Crippen LogP contribution in [0.4, 0.5) is 8.78 Å². The predicted octanol–water partition coefficient (Wildman–Crippen LogP) is 2.82. The van der Waals surface area contributed by atoms with Gasteiger partial charge in [-0.05, 0) is 48.2 Å². The first-order chi connectivity index (χ1) is 13.2. The highest BCUT2D eigenvalue weighted by atomic mass is 19.1. The maximum Gasteiger partial charge on any atom is 0.326 e. The van der Waals surface area contributed by atoms with Crippen molar-refractivity contribution in [3.63, 3.8) is 0 Å². The second-order valence-corrected chi connectivity index (χ2v) is 6.91. The Morgan fingerprint density at radius 1 is 1.11 bits per heavy atom. The Kier molecular flexibility index (Phi) is 7.23. The number of hydrogen-bond acceptors (Lipinski definition) is 3. The lowest BCUT2D eigenvalue weighted by Gasteiger charge is -2.30. The van der Waals surface area contributed by atoms with Crippen LogP contribution in [0.1, 0.15) is 30.9 Å². The van der Waals surface area contributed by atoms with Crippen LogP contribution in [-0.4, -0.2) is 28.6 Å². The minimum absolute atomic E-state index is 0.0718. The number of carbonyl (C=O) groups is 2. The van der Waals surface area contributed by atoms with Crippen LogP contribution in [-0.2, 0) is 22.4 Å². The van der Waals surface area contributed by atoms with Gasteiger partial charge < -0.3 is 16.2 Å². The number of rotatable bonds is 9. The number of aliphatic carboxylic acids is 1. The van der Waals surface area contributed by atoms with Gasteiger partial charge in [0.05, 0.1) is 5.54 Å². The van der Waals surface area contributed by atoms with Crippen LogP contribution in [0.2, 0.25) is 0 Å². The van der Waals surface area contributed by atoms with E-state index < -0.39 is 35.1 Å². The average Bonchev–Trinajstić information content (AvgIpc) is 2.63. The molecule has 0 spiro atoms. The molecule has 0 radical (unpaired) electrons. The first-order valence-electron chi connectivity index (χ1n) is 9.05. The fourth-order valence-corrected chi connectivity index (χ4v) is 3.10. The summed E-state index contributed by atoms with van der Waals surface area (Å²) in [6, 6.07) is 9.95. The molecule has 5 nitrogen and oxygen atoms in total. The van der Waals surface area contributed by atoms with E-state index in [2.05, 4.69) is 5.32 Å². The molecule has 0 fully saturated rings. The zero-order valence-electron chi connectivity index (χ0n) is 15.6. The Morgan fingerprint density at radius 3 is 2.36 bits per heavy atom. The molecule has 2 aromatic carbocycles. The van der Waals surface area contributed by atoms with E-state index in [0.29, 0.717) is 24.0 Å². The third-order valence-electron chi connectivity index (χ3n) is 4.51. The zero-order chi connectivity index (χ0) is 20.7. The van der Waals surface area contributed by atoms with Gasteiger partial charge in [-0.15, -0.1) is 0 Å². The lowest BCUT2D eigenvalue weighted by Crippen LogP contribution is -2.59. The number of halogens is 2. The van der Waals surface area contributed by atoms with Crippen molar-refractivity contribution in [1.29, 1.82) is 0 Å². The monoisotopic (exact) mass is 390 g/mol. The van der Waals surface area contributed by atoms with Crippen molar-refractivity contribution in [2.45, 2.75) is 44.2 Å². The fraction of sp³-hybridized carbons (Fsp3) is 0.333. The standard InChI is InChI=1S/C21H24F2N2O3/c1-2-10-21(24,13-14-6-8-16(22)9-7-14)20(28)25-18(19(26)27)12-15-4-3-5-17(23)11-15/h3-9,11,18H,2,10,12-13,24H2,1H3,(H,25,28)(H,26,27)/t18?,21-/m1/s1. The fourth-order valence-electron chi connectivity index (χ4n) is 3.10. The highest BCUT2D eigenvalue weighted by Gasteiger charge is 2.36. The summed E-state index contributed by atoms with van der Waals surface area (Å²) in [6.45, 7) is 1.86. The van der Waals surface area contributed by atoms with Gasteiger partial charge in [0, 0.05) is 6.42 Å². The summed E-state index contributed by atoms with van der Waals surface area (Å²) in [7, 11) is 0. The number of nitrogens with two attached hydrogens (primary N) is 1. The predicted molar refractivity (Wildman–Crippen MR) is 102 cm³/mol. The molecule has 1 amide bonds. The number of nitrogens with one attached hydrogen (secondary N) is 1. The van der Waals surface area contributed by atoms with E-state index in [-0.39, 0.29) is 12.8 Å². The molecule has 0 aliphatic carbocycles. The SMILES string of the molecule is CCC[C@@](N)(Cc1ccc(F)cc1)C(=O)NC(Cc1cccc(F)c1)C(=O)O. The molecule has 7 heteroatoms. The van der Waals surface area contributed by atoms with Gasteiger partial charge in [-0.2, -0.15) is 0 Å². The van der Waals surface area contributed by atoms with Crippen LogP contribution in [0.15, 0.2) is 48.5 Å². The minimum Gasteiger partial charge on any atom is -0.480 e. The van der Waals surface area contributed by atoms with Gasteiger partial charge in [0.25, 0.3) is 0 Å². The van der Waals surface area contributed by atoms with Crippen molar-refractivity contribution in [3.8, 4) is 0 Å². The van der Waals surface area contributed by atoms with Gasteiger partial charge in [-0.25, -0.2) is 13.6 Å². The number of carboxylic acid groups (broad SMARTS) is 1. The third-order valence-corrected chi connectivity index (χ3v) is 4.51. The van der Waals surface area contributed by atoms with Crippen LogP contribution < -0.4 is 11.1 Å². The number of amides is 1. The molecule has 1 unspecified atom stereocenters. The van der Waals surface area contributed by atoms with Crippen molar-refractivity contribution in [3.05, 3.63) is 71.3 Å². The van der Waals surface area contributed by atoms with Crippen molar-refractivity contribution in [2.75, 3.05) is 0 Å². The van der Waals surface area contributed by atoms with Crippen LogP contribution >= 0.6 is 0 Å². The number of carbonyl (C=O) groups excluding carboxylic acids is 1. The first kappa shape index (κ1) is 21.5. The van der Waals surface area contributed by atoms with Crippen LogP contribution in [0.5, 0.6) is 0 Å². The highest BCUT2D eigenvalue weighted by molar-refractivity contribution is 5.90. The van der Waals surface area contributed by atoms with Gasteiger partial charge in [-0.1, -0.05) is 37.6 Å². The molecule has 2 aromatic rings. The van der Waals surface area contributed by atoms with E-state index in [0.717, 1.165) is 0 Å². The van der Waals surface area contributed by atoms with E-state index in [1.807, 2.05) is 6.92 Å². The molecule has 2 atom stereocenters. The molecule has 150 valence electrons. The average molecular weight is 390 g/mol. The second-order valence-electron chi connectivity index (χ2n) is 6.91. The molecule has 0 heterocycles. The summed E-state index contributed by atoms with van der Waals surface area (Å²) in [4.78, 5) is 24.5. The van der Waals surface area contributed by atoms with E-state index >= 15 is 0 Å². The molecule has 0 aliphatic rings. The Hall–Kier alpha value is -2.80. The van der Waals surface area contributed by atoms with Gasteiger partial charge >= 0.3 is 5.97 Å².